The molecule has 0 aromatic carbocycles. The van der Waals surface area contributed by atoms with Gasteiger partial charge < -0.3 is 21.8 Å². The van der Waals surface area contributed by atoms with Gasteiger partial charge >= 0.3 is 17.6 Å². The molecular weight excluding hydrogens is 316 g/mol. The van der Waals surface area contributed by atoms with Crippen molar-refractivity contribution in [2.24, 2.45) is 0 Å². The van der Waals surface area contributed by atoms with E-state index in [1.54, 1.807) is 0 Å². The van der Waals surface area contributed by atoms with Crippen LogP contribution in [0.25, 0.3) is 0 Å². The Balaban J connectivity index is 5.03. The van der Waals surface area contributed by atoms with Crippen LogP contribution >= 0.6 is 11.6 Å². The number of rotatable bonds is 13. The minimum Gasteiger partial charge on any atom is -0.374 e. The highest BCUT2D eigenvalue weighted by Gasteiger charge is 2.50. The molecule has 0 fully saturated rings. The van der Waals surface area contributed by atoms with E-state index in [1.165, 1.54) is 0 Å². The second kappa shape index (κ2) is 11.1. The van der Waals surface area contributed by atoms with E-state index in [2.05, 4.69) is 0 Å². The van der Waals surface area contributed by atoms with Gasteiger partial charge in [0.1, 0.15) is 0 Å². The molecule has 0 aliphatic rings. The molecule has 0 amide bonds. The van der Waals surface area contributed by atoms with Gasteiger partial charge in [0.2, 0.25) is 0 Å². The topological polar surface area (TPSA) is 46.2 Å². The third kappa shape index (κ3) is 7.51. The van der Waals surface area contributed by atoms with Gasteiger partial charge in [0.15, 0.2) is 0 Å². The Bertz CT molecular complexity index is 234. The molecule has 0 atom stereocenters. The number of halogens is 1. The molecule has 0 saturated carbocycles. The van der Waals surface area contributed by atoms with Crippen LogP contribution in [0.1, 0.15) is 34.1 Å². The van der Waals surface area contributed by atoms with Gasteiger partial charge in [-0.2, -0.15) is 0 Å². The van der Waals surface area contributed by atoms with Crippen LogP contribution in [0.3, 0.4) is 0 Å². The molecule has 8 heteroatoms. The summed E-state index contributed by atoms with van der Waals surface area (Å²) in [6.07, 6.45) is 0.788. The maximum atomic E-state index is 6.22. The van der Waals surface area contributed by atoms with Gasteiger partial charge in [-0.1, -0.05) is 0 Å². The van der Waals surface area contributed by atoms with Crippen LogP contribution in [0.4, 0.5) is 0 Å². The Labute approximate surface area is 130 Å². The largest absolute Gasteiger partial charge is 0.493 e. The van der Waals surface area contributed by atoms with E-state index >= 15 is 0 Å². The summed E-state index contributed by atoms with van der Waals surface area (Å²) in [7, 11) is -5.54. The van der Waals surface area contributed by atoms with Crippen LogP contribution in [-0.2, 0) is 21.8 Å². The van der Waals surface area contributed by atoms with Gasteiger partial charge in [0.05, 0.1) is 0 Å². The van der Waals surface area contributed by atoms with Crippen molar-refractivity contribution < 1.29 is 21.8 Å². The number of alkyl halides is 1. The van der Waals surface area contributed by atoms with Crippen molar-refractivity contribution in [1.29, 1.82) is 0 Å². The summed E-state index contributed by atoms with van der Waals surface area (Å²) in [5.41, 5.74) is 0. The molecule has 0 rings (SSSR count). The van der Waals surface area contributed by atoms with Gasteiger partial charge in [-0.25, -0.2) is 0 Å². The first-order chi connectivity index (χ1) is 9.51. The van der Waals surface area contributed by atoms with Crippen molar-refractivity contribution in [3.8, 4) is 0 Å². The fraction of sp³-hybridized carbons (Fsp3) is 1.00. The first-order valence-corrected chi connectivity index (χ1v) is 12.0. The minimum absolute atomic E-state index is 0.539. The van der Waals surface area contributed by atoms with Gasteiger partial charge in [-0.05, 0) is 34.1 Å². The first-order valence-electron chi connectivity index (χ1n) is 7.33. The number of hydrogen-bond acceptors (Lipinski definition) is 5. The maximum Gasteiger partial charge on any atom is 0.493 e. The SMILES string of the molecule is CCO[Si](C)(OCC)O[Si](CCCCl)(OCC)OCC. The lowest BCUT2D eigenvalue weighted by molar-refractivity contribution is 0.0536. The predicted octanol–water partition coefficient (Wildman–Crippen LogP) is 3.29. The average Bonchev–Trinajstić information content (AvgIpc) is 2.37. The lowest BCUT2D eigenvalue weighted by atomic mass is 10.6. The zero-order valence-corrected chi connectivity index (χ0v) is 16.1. The molecule has 0 heterocycles. The van der Waals surface area contributed by atoms with Crippen molar-refractivity contribution in [3.05, 3.63) is 0 Å². The van der Waals surface area contributed by atoms with Crippen LogP contribution < -0.4 is 0 Å². The fourth-order valence-electron chi connectivity index (χ4n) is 1.93. The molecule has 20 heavy (non-hydrogen) atoms. The average molecular weight is 345 g/mol. The molecule has 0 aliphatic heterocycles. The summed E-state index contributed by atoms with van der Waals surface area (Å²) < 4.78 is 29.4. The molecule has 0 bridgehead atoms. The highest BCUT2D eigenvalue weighted by molar-refractivity contribution is 6.74. The Kier molecular flexibility index (Phi) is 11.4. The second-order valence-corrected chi connectivity index (χ2v) is 10.1. The monoisotopic (exact) mass is 344 g/mol. The standard InChI is InChI=1S/C12H29ClO5Si2/c1-6-14-19(5,15-7-2)18-20(16-8-3,17-9-4)12-10-11-13/h6-12H2,1-5H3. The van der Waals surface area contributed by atoms with Crippen molar-refractivity contribution in [3.63, 3.8) is 0 Å². The quantitative estimate of drug-likeness (QED) is 0.379. The summed E-state index contributed by atoms with van der Waals surface area (Å²) in [6.45, 7) is 11.8. The molecule has 0 aliphatic carbocycles. The second-order valence-electron chi connectivity index (χ2n) is 4.17. The van der Waals surface area contributed by atoms with Crippen LogP contribution in [0, 0.1) is 0 Å². The molecule has 0 aromatic rings. The van der Waals surface area contributed by atoms with Crippen molar-refractivity contribution in [1.82, 2.24) is 0 Å². The summed E-state index contributed by atoms with van der Waals surface area (Å²) in [4.78, 5) is 0. The summed E-state index contributed by atoms with van der Waals surface area (Å²) >= 11 is 5.81. The predicted molar refractivity (Wildman–Crippen MR) is 85.1 cm³/mol. The molecule has 0 radical (unpaired) electrons. The summed E-state index contributed by atoms with van der Waals surface area (Å²) in [5.74, 6) is 0.555. The molecule has 0 aromatic heterocycles. The van der Waals surface area contributed by atoms with Crippen LogP contribution in [0.2, 0.25) is 12.6 Å². The van der Waals surface area contributed by atoms with Gasteiger partial charge in [0, 0.05) is 44.9 Å². The van der Waals surface area contributed by atoms with Crippen LogP contribution in [0.15, 0.2) is 0 Å². The van der Waals surface area contributed by atoms with Gasteiger partial charge in [0.25, 0.3) is 0 Å². The van der Waals surface area contributed by atoms with E-state index in [1.807, 2.05) is 34.2 Å². The first kappa shape index (κ1) is 20.5. The lowest BCUT2D eigenvalue weighted by Crippen LogP contribution is -2.57. The molecule has 0 saturated heterocycles. The maximum absolute atomic E-state index is 6.22. The fourth-order valence-corrected chi connectivity index (χ4v) is 8.89. The minimum atomic E-state index is -2.80. The Hall–Kier alpha value is 0.524. The Morgan fingerprint density at radius 1 is 0.800 bits per heavy atom. The normalized spacial score (nSPS) is 12.9. The zero-order chi connectivity index (χ0) is 15.5. The van der Waals surface area contributed by atoms with E-state index in [4.69, 9.17) is 33.4 Å². The number of hydrogen-bond donors (Lipinski definition) is 0. The zero-order valence-electron chi connectivity index (χ0n) is 13.4. The third-order valence-electron chi connectivity index (χ3n) is 2.50. The summed E-state index contributed by atoms with van der Waals surface area (Å²) in [6, 6.07) is 0.681. The van der Waals surface area contributed by atoms with E-state index < -0.39 is 17.6 Å². The molecule has 0 N–H and O–H groups in total. The van der Waals surface area contributed by atoms with Crippen molar-refractivity contribution in [2.75, 3.05) is 32.3 Å². The molecule has 5 nitrogen and oxygen atoms in total. The van der Waals surface area contributed by atoms with E-state index in [0.717, 1.165) is 6.42 Å². The van der Waals surface area contributed by atoms with Gasteiger partial charge in [-0.3, -0.25) is 0 Å². The highest BCUT2D eigenvalue weighted by atomic mass is 35.5. The molecule has 0 unspecified atom stereocenters. The summed E-state index contributed by atoms with van der Waals surface area (Å²) in [5, 5.41) is 0. The van der Waals surface area contributed by atoms with Crippen molar-refractivity contribution >= 4 is 29.2 Å². The van der Waals surface area contributed by atoms with Crippen LogP contribution in [-0.4, -0.2) is 49.9 Å². The molecule has 0 spiro atoms. The smallest absolute Gasteiger partial charge is 0.374 e. The van der Waals surface area contributed by atoms with E-state index in [-0.39, 0.29) is 0 Å². The molecule has 122 valence electrons. The Morgan fingerprint density at radius 3 is 1.60 bits per heavy atom. The third-order valence-corrected chi connectivity index (χ3v) is 9.54. The lowest BCUT2D eigenvalue weighted by Gasteiger charge is -2.36. The molecular formula is C12H29ClO5Si2. The Morgan fingerprint density at radius 2 is 1.25 bits per heavy atom. The van der Waals surface area contributed by atoms with Crippen molar-refractivity contribution in [2.45, 2.75) is 46.7 Å². The van der Waals surface area contributed by atoms with Gasteiger partial charge in [-0.15, -0.1) is 11.6 Å². The van der Waals surface area contributed by atoms with Crippen LogP contribution in [0.5, 0.6) is 0 Å². The van der Waals surface area contributed by atoms with E-state index in [0.29, 0.717) is 38.4 Å². The van der Waals surface area contributed by atoms with E-state index in [9.17, 15) is 0 Å². The highest BCUT2D eigenvalue weighted by Crippen LogP contribution is 2.24.